The van der Waals surface area contributed by atoms with Crippen LogP contribution in [0.3, 0.4) is 0 Å². The molecule has 0 saturated carbocycles. The van der Waals surface area contributed by atoms with Gasteiger partial charge in [0.2, 0.25) is 0 Å². The second-order valence-corrected chi connectivity index (χ2v) is 6.38. The number of rotatable bonds is 8. The maximum Gasteiger partial charge on any atom is 0.0483 e. The highest BCUT2D eigenvalue weighted by Gasteiger charge is 2.09. The maximum absolute atomic E-state index is 2.50. The Bertz CT molecular complexity index is 754. The Morgan fingerprint density at radius 3 is 2.29 bits per heavy atom. The summed E-state index contributed by atoms with van der Waals surface area (Å²) in [7, 11) is 0. The molecule has 3 rings (SSSR count). The van der Waals surface area contributed by atoms with Crippen molar-refractivity contribution in [1.29, 1.82) is 0 Å². The predicted octanol–water partition coefficient (Wildman–Crippen LogP) is 4.77. The number of hydrogen-bond acceptors (Lipinski definition) is 1. The van der Waals surface area contributed by atoms with Crippen LogP contribution in [0.2, 0.25) is 0 Å². The van der Waals surface area contributed by atoms with Crippen LogP contribution in [0.1, 0.15) is 25.0 Å². The minimum Gasteiger partial charge on any atom is -0.347 e. The molecule has 0 saturated heterocycles. The normalized spacial score (nSPS) is 11.5. The van der Waals surface area contributed by atoms with E-state index in [2.05, 4.69) is 84.1 Å². The molecule has 1 aromatic heterocycles. The Balaban J connectivity index is 1.78. The van der Waals surface area contributed by atoms with Crippen molar-refractivity contribution in [2.24, 2.45) is 0 Å². The highest BCUT2D eigenvalue weighted by atomic mass is 15.1. The third-order valence-corrected chi connectivity index (χ3v) is 4.95. The van der Waals surface area contributed by atoms with Crippen molar-refractivity contribution in [3.05, 3.63) is 71.9 Å². The Hall–Kier alpha value is -2.06. The number of para-hydroxylation sites is 1. The number of hydrogen-bond donors (Lipinski definition) is 0. The lowest BCUT2D eigenvalue weighted by Crippen LogP contribution is -2.25. The quantitative estimate of drug-likeness (QED) is 0.580. The fourth-order valence-corrected chi connectivity index (χ4v) is 3.42. The van der Waals surface area contributed by atoms with Gasteiger partial charge in [0.15, 0.2) is 0 Å². The molecule has 0 radical (unpaired) electrons. The molecule has 0 bridgehead atoms. The van der Waals surface area contributed by atoms with Gasteiger partial charge in [0.1, 0.15) is 0 Å². The van der Waals surface area contributed by atoms with E-state index in [0.29, 0.717) is 0 Å². The third-order valence-electron chi connectivity index (χ3n) is 4.95. The molecule has 0 aliphatic heterocycles. The fraction of sp³-hybridized carbons (Fsp3) is 0.364. The number of nitrogens with zero attached hydrogens (tertiary/aromatic N) is 2. The van der Waals surface area contributed by atoms with E-state index in [4.69, 9.17) is 0 Å². The largest absolute Gasteiger partial charge is 0.347 e. The van der Waals surface area contributed by atoms with Crippen LogP contribution in [-0.2, 0) is 19.4 Å². The average Bonchev–Trinajstić information content (AvgIpc) is 3.00. The highest BCUT2D eigenvalue weighted by molar-refractivity contribution is 5.84. The molecular weight excluding hydrogens is 292 g/mol. The number of benzene rings is 2. The van der Waals surface area contributed by atoms with Crippen LogP contribution in [0, 0.1) is 0 Å². The third kappa shape index (κ3) is 3.88. The summed E-state index contributed by atoms with van der Waals surface area (Å²) in [5.41, 5.74) is 4.24. The molecule has 0 aliphatic rings. The topological polar surface area (TPSA) is 8.17 Å². The van der Waals surface area contributed by atoms with E-state index in [1.165, 1.54) is 22.0 Å². The van der Waals surface area contributed by atoms with Crippen LogP contribution < -0.4 is 0 Å². The first-order valence-corrected chi connectivity index (χ1v) is 9.14. The zero-order valence-corrected chi connectivity index (χ0v) is 14.9. The molecule has 0 N–H and O–H groups in total. The molecule has 0 aliphatic carbocycles. The van der Waals surface area contributed by atoms with Gasteiger partial charge in [0, 0.05) is 30.2 Å². The average molecular weight is 320 g/mol. The van der Waals surface area contributed by atoms with Gasteiger partial charge in [0.25, 0.3) is 0 Å². The molecule has 2 nitrogen and oxygen atoms in total. The van der Waals surface area contributed by atoms with Gasteiger partial charge < -0.3 is 9.47 Å². The summed E-state index contributed by atoms with van der Waals surface area (Å²) >= 11 is 0. The van der Waals surface area contributed by atoms with E-state index in [0.717, 1.165) is 39.0 Å². The summed E-state index contributed by atoms with van der Waals surface area (Å²) < 4.78 is 2.43. The number of aromatic nitrogens is 1. The summed E-state index contributed by atoms with van der Waals surface area (Å²) in [6.45, 7) is 8.92. The summed E-state index contributed by atoms with van der Waals surface area (Å²) in [5, 5.41) is 1.41. The van der Waals surface area contributed by atoms with E-state index in [-0.39, 0.29) is 0 Å². The van der Waals surface area contributed by atoms with Gasteiger partial charge in [-0.15, -0.1) is 0 Å². The van der Waals surface area contributed by atoms with Gasteiger partial charge in [-0.1, -0.05) is 62.4 Å². The molecule has 2 aromatic carbocycles. The van der Waals surface area contributed by atoms with Crippen LogP contribution in [0.15, 0.2) is 60.8 Å². The van der Waals surface area contributed by atoms with Gasteiger partial charge in [-0.2, -0.15) is 0 Å². The number of fused-ring (bicyclic) bond motifs is 1. The zero-order chi connectivity index (χ0) is 16.8. The summed E-state index contributed by atoms with van der Waals surface area (Å²) in [6.07, 6.45) is 4.58. The highest BCUT2D eigenvalue weighted by Crippen LogP contribution is 2.22. The number of aryl methyl sites for hydroxylation is 2. The smallest absolute Gasteiger partial charge is 0.0483 e. The summed E-state index contributed by atoms with van der Waals surface area (Å²) in [5.74, 6) is 0. The van der Waals surface area contributed by atoms with Crippen LogP contribution in [-0.4, -0.2) is 29.1 Å². The lowest BCUT2D eigenvalue weighted by Gasteiger charge is -2.17. The Kier molecular flexibility index (Phi) is 5.71. The fourth-order valence-electron chi connectivity index (χ4n) is 3.42. The minimum atomic E-state index is 1.04. The van der Waals surface area contributed by atoms with Crippen molar-refractivity contribution in [2.75, 3.05) is 19.6 Å². The molecule has 3 aromatic rings. The minimum absolute atomic E-state index is 1.04. The van der Waals surface area contributed by atoms with Crippen molar-refractivity contribution >= 4 is 10.9 Å². The van der Waals surface area contributed by atoms with Crippen LogP contribution in [0.25, 0.3) is 10.9 Å². The number of likely N-dealkylation sites (N-methyl/N-ethyl adjacent to an activating group) is 1. The van der Waals surface area contributed by atoms with Gasteiger partial charge in [-0.25, -0.2) is 0 Å². The van der Waals surface area contributed by atoms with Crippen LogP contribution >= 0.6 is 0 Å². The Labute approximate surface area is 145 Å². The van der Waals surface area contributed by atoms with E-state index >= 15 is 0 Å². The summed E-state index contributed by atoms with van der Waals surface area (Å²) in [6, 6.07) is 19.6. The SMILES string of the molecule is CCN(CC)CCc1cn(CCc2ccccc2)c2ccccc12. The first kappa shape index (κ1) is 16.8. The molecule has 126 valence electrons. The van der Waals surface area contributed by atoms with Crippen molar-refractivity contribution in [2.45, 2.75) is 33.2 Å². The van der Waals surface area contributed by atoms with E-state index < -0.39 is 0 Å². The molecular formula is C22H28N2. The lowest BCUT2D eigenvalue weighted by atomic mass is 10.1. The standard InChI is InChI=1S/C22H28N2/c1-3-23(4-2)16-15-20-18-24(22-13-9-8-12-21(20)22)17-14-19-10-6-5-7-11-19/h5-13,18H,3-4,14-17H2,1-2H3. The van der Waals surface area contributed by atoms with Crippen molar-refractivity contribution in [1.82, 2.24) is 9.47 Å². The van der Waals surface area contributed by atoms with Gasteiger partial charge in [-0.3, -0.25) is 0 Å². The molecule has 0 spiro atoms. The predicted molar refractivity (Wildman–Crippen MR) is 104 cm³/mol. The molecule has 24 heavy (non-hydrogen) atoms. The molecule has 1 heterocycles. The van der Waals surface area contributed by atoms with Crippen LogP contribution in [0.5, 0.6) is 0 Å². The van der Waals surface area contributed by atoms with Gasteiger partial charge >= 0.3 is 0 Å². The van der Waals surface area contributed by atoms with E-state index in [9.17, 15) is 0 Å². The van der Waals surface area contributed by atoms with E-state index in [1.54, 1.807) is 0 Å². The second kappa shape index (κ2) is 8.16. The monoisotopic (exact) mass is 320 g/mol. The van der Waals surface area contributed by atoms with Crippen molar-refractivity contribution in [3.8, 4) is 0 Å². The maximum atomic E-state index is 2.50. The van der Waals surface area contributed by atoms with Gasteiger partial charge in [-0.05, 0) is 43.1 Å². The van der Waals surface area contributed by atoms with Crippen LogP contribution in [0.4, 0.5) is 0 Å². The molecule has 0 unspecified atom stereocenters. The second-order valence-electron chi connectivity index (χ2n) is 6.38. The van der Waals surface area contributed by atoms with Crippen molar-refractivity contribution < 1.29 is 0 Å². The molecule has 0 atom stereocenters. The van der Waals surface area contributed by atoms with Gasteiger partial charge in [0.05, 0.1) is 0 Å². The first-order valence-electron chi connectivity index (χ1n) is 9.14. The Morgan fingerprint density at radius 1 is 0.833 bits per heavy atom. The van der Waals surface area contributed by atoms with E-state index in [1.807, 2.05) is 0 Å². The first-order chi connectivity index (χ1) is 11.8. The van der Waals surface area contributed by atoms with Crippen molar-refractivity contribution in [3.63, 3.8) is 0 Å². The zero-order valence-electron chi connectivity index (χ0n) is 14.9. The molecule has 0 amide bonds. The lowest BCUT2D eigenvalue weighted by molar-refractivity contribution is 0.308. The summed E-state index contributed by atoms with van der Waals surface area (Å²) in [4.78, 5) is 2.50. The Morgan fingerprint density at radius 2 is 1.54 bits per heavy atom. The molecule has 0 fully saturated rings. The molecule has 2 heteroatoms.